The predicted molar refractivity (Wildman–Crippen MR) is 82.9 cm³/mol. The number of hydrogen-bond donors (Lipinski definition) is 0. The van der Waals surface area contributed by atoms with E-state index in [4.69, 9.17) is 21.1 Å². The van der Waals surface area contributed by atoms with Gasteiger partial charge < -0.3 is 9.47 Å². The first kappa shape index (κ1) is 14.7. The van der Waals surface area contributed by atoms with Gasteiger partial charge in [0.1, 0.15) is 17.6 Å². The van der Waals surface area contributed by atoms with Gasteiger partial charge in [-0.2, -0.15) is 0 Å². The summed E-state index contributed by atoms with van der Waals surface area (Å²) in [6, 6.07) is 16.0. The monoisotopic (exact) mass is 290 g/mol. The minimum absolute atomic E-state index is 0.0270. The highest BCUT2D eigenvalue weighted by Crippen LogP contribution is 2.29. The van der Waals surface area contributed by atoms with Gasteiger partial charge in [0, 0.05) is 12.3 Å². The zero-order valence-corrected chi connectivity index (χ0v) is 12.6. The molecule has 0 bridgehead atoms. The van der Waals surface area contributed by atoms with Gasteiger partial charge >= 0.3 is 0 Å². The highest BCUT2D eigenvalue weighted by molar-refractivity contribution is 6.17. The second-order valence-corrected chi connectivity index (χ2v) is 5.00. The molecular weight excluding hydrogens is 272 g/mol. The number of alkyl halides is 1. The van der Waals surface area contributed by atoms with Crippen molar-refractivity contribution in [3.63, 3.8) is 0 Å². The van der Waals surface area contributed by atoms with E-state index < -0.39 is 0 Å². The number of halogens is 1. The van der Waals surface area contributed by atoms with Crippen LogP contribution in [0.2, 0.25) is 0 Å². The van der Waals surface area contributed by atoms with Crippen molar-refractivity contribution in [2.24, 2.45) is 0 Å². The molecule has 0 fully saturated rings. The summed E-state index contributed by atoms with van der Waals surface area (Å²) in [5.41, 5.74) is 2.20. The largest absolute Gasteiger partial charge is 0.497 e. The summed E-state index contributed by atoms with van der Waals surface area (Å²) < 4.78 is 11.3. The predicted octanol–water partition coefficient (Wildman–Crippen LogP) is 4.75. The Bertz CT molecular complexity index is 540. The second-order valence-electron chi connectivity index (χ2n) is 4.63. The fourth-order valence-electron chi connectivity index (χ4n) is 2.09. The molecule has 0 saturated heterocycles. The van der Waals surface area contributed by atoms with E-state index in [1.807, 2.05) is 43.3 Å². The van der Waals surface area contributed by atoms with E-state index in [0.717, 1.165) is 29.0 Å². The zero-order valence-electron chi connectivity index (χ0n) is 11.8. The molecule has 0 spiro atoms. The molecule has 1 atom stereocenters. The minimum Gasteiger partial charge on any atom is -0.497 e. The minimum atomic E-state index is -0.0270. The van der Waals surface area contributed by atoms with E-state index in [0.29, 0.717) is 5.88 Å². The summed E-state index contributed by atoms with van der Waals surface area (Å²) in [5, 5.41) is 0. The van der Waals surface area contributed by atoms with Gasteiger partial charge in [-0.3, -0.25) is 0 Å². The average Bonchev–Trinajstić information content (AvgIpc) is 2.49. The summed E-state index contributed by atoms with van der Waals surface area (Å²) in [5.74, 6) is 2.27. The molecule has 106 valence electrons. The lowest BCUT2D eigenvalue weighted by atomic mass is 10.1. The summed E-state index contributed by atoms with van der Waals surface area (Å²) in [6.07, 6.45) is 0.748. The smallest absolute Gasteiger partial charge is 0.125 e. The van der Waals surface area contributed by atoms with E-state index in [1.54, 1.807) is 7.11 Å². The molecule has 2 aromatic rings. The van der Waals surface area contributed by atoms with E-state index >= 15 is 0 Å². The molecule has 0 aliphatic rings. The summed E-state index contributed by atoms with van der Waals surface area (Å²) >= 11 is 5.90. The van der Waals surface area contributed by atoms with Gasteiger partial charge in [0.25, 0.3) is 0 Å². The normalized spacial score (nSPS) is 11.9. The molecule has 2 rings (SSSR count). The second kappa shape index (κ2) is 7.20. The summed E-state index contributed by atoms with van der Waals surface area (Å²) in [7, 11) is 1.66. The Morgan fingerprint density at radius 2 is 1.85 bits per heavy atom. The molecule has 3 heteroatoms. The molecular formula is C17H19ClO2. The number of ether oxygens (including phenoxy) is 2. The Balaban J connectivity index is 2.20. The van der Waals surface area contributed by atoms with E-state index in [9.17, 15) is 0 Å². The molecule has 0 radical (unpaired) electrons. The number of methoxy groups -OCH3 is 1. The van der Waals surface area contributed by atoms with Gasteiger partial charge in [-0.15, -0.1) is 11.6 Å². The Morgan fingerprint density at radius 3 is 2.45 bits per heavy atom. The van der Waals surface area contributed by atoms with Crippen LogP contribution in [0, 0.1) is 6.92 Å². The molecule has 2 nitrogen and oxygen atoms in total. The van der Waals surface area contributed by atoms with E-state index in [2.05, 4.69) is 12.1 Å². The van der Waals surface area contributed by atoms with Crippen molar-refractivity contribution in [1.29, 1.82) is 0 Å². The lowest BCUT2D eigenvalue weighted by Gasteiger charge is -2.20. The Morgan fingerprint density at radius 1 is 1.10 bits per heavy atom. The van der Waals surface area contributed by atoms with E-state index in [-0.39, 0.29) is 6.10 Å². The van der Waals surface area contributed by atoms with Crippen molar-refractivity contribution < 1.29 is 9.47 Å². The quantitative estimate of drug-likeness (QED) is 0.715. The van der Waals surface area contributed by atoms with Crippen molar-refractivity contribution in [3.05, 3.63) is 59.7 Å². The molecule has 0 aliphatic heterocycles. The standard InChI is InChI=1S/C17H19ClO2/c1-13-12-15(19-2)8-9-16(13)20-17(10-11-18)14-6-4-3-5-7-14/h3-9,12,17H,10-11H2,1-2H3/t17-/m1/s1. The van der Waals surface area contributed by atoms with Gasteiger partial charge in [-0.25, -0.2) is 0 Å². The van der Waals surface area contributed by atoms with Crippen molar-refractivity contribution in [1.82, 2.24) is 0 Å². The van der Waals surface area contributed by atoms with Crippen LogP contribution in [0.4, 0.5) is 0 Å². The molecule has 0 aromatic heterocycles. The topological polar surface area (TPSA) is 18.5 Å². The lowest BCUT2D eigenvalue weighted by molar-refractivity contribution is 0.200. The lowest BCUT2D eigenvalue weighted by Crippen LogP contribution is -2.09. The Hall–Kier alpha value is -1.67. The highest BCUT2D eigenvalue weighted by atomic mass is 35.5. The molecule has 0 amide bonds. The fourth-order valence-corrected chi connectivity index (χ4v) is 2.29. The zero-order chi connectivity index (χ0) is 14.4. The van der Waals surface area contributed by atoms with Crippen LogP contribution in [0.15, 0.2) is 48.5 Å². The van der Waals surface area contributed by atoms with Crippen molar-refractivity contribution >= 4 is 11.6 Å². The molecule has 0 unspecified atom stereocenters. The van der Waals surface area contributed by atoms with Gasteiger partial charge in [-0.1, -0.05) is 30.3 Å². The summed E-state index contributed by atoms with van der Waals surface area (Å²) in [6.45, 7) is 2.01. The van der Waals surface area contributed by atoms with E-state index in [1.165, 1.54) is 0 Å². The molecule has 2 aromatic carbocycles. The first-order chi connectivity index (χ1) is 9.74. The van der Waals surface area contributed by atoms with Crippen molar-refractivity contribution in [2.45, 2.75) is 19.4 Å². The maximum atomic E-state index is 6.13. The summed E-state index contributed by atoms with van der Waals surface area (Å²) in [4.78, 5) is 0. The van der Waals surface area contributed by atoms with Crippen LogP contribution in [0.25, 0.3) is 0 Å². The highest BCUT2D eigenvalue weighted by Gasteiger charge is 2.14. The first-order valence-electron chi connectivity index (χ1n) is 6.67. The molecule has 0 heterocycles. The third kappa shape index (κ3) is 3.67. The molecule has 20 heavy (non-hydrogen) atoms. The maximum absolute atomic E-state index is 6.13. The third-order valence-corrected chi connectivity index (χ3v) is 3.41. The molecule has 0 saturated carbocycles. The Labute approximate surface area is 125 Å². The number of hydrogen-bond acceptors (Lipinski definition) is 2. The van der Waals surface area contributed by atoms with Crippen LogP contribution >= 0.6 is 11.6 Å². The SMILES string of the molecule is COc1ccc(O[C@H](CCCl)c2ccccc2)c(C)c1. The average molecular weight is 291 g/mol. The van der Waals surface area contributed by atoms with Crippen molar-refractivity contribution in [3.8, 4) is 11.5 Å². The van der Waals surface area contributed by atoms with Gasteiger partial charge in [-0.05, 0) is 36.2 Å². The van der Waals surface area contributed by atoms with Crippen LogP contribution in [0.1, 0.15) is 23.7 Å². The fraction of sp³-hybridized carbons (Fsp3) is 0.294. The van der Waals surface area contributed by atoms with Gasteiger partial charge in [0.2, 0.25) is 0 Å². The maximum Gasteiger partial charge on any atom is 0.125 e. The van der Waals surface area contributed by atoms with Crippen LogP contribution in [-0.2, 0) is 0 Å². The first-order valence-corrected chi connectivity index (χ1v) is 7.20. The van der Waals surface area contributed by atoms with Crippen LogP contribution < -0.4 is 9.47 Å². The van der Waals surface area contributed by atoms with Gasteiger partial charge in [0.05, 0.1) is 7.11 Å². The molecule has 0 N–H and O–H groups in total. The van der Waals surface area contributed by atoms with Crippen molar-refractivity contribution in [2.75, 3.05) is 13.0 Å². The van der Waals surface area contributed by atoms with Crippen LogP contribution in [-0.4, -0.2) is 13.0 Å². The Kier molecular flexibility index (Phi) is 5.31. The van der Waals surface area contributed by atoms with Gasteiger partial charge in [0.15, 0.2) is 0 Å². The third-order valence-electron chi connectivity index (χ3n) is 3.19. The number of rotatable bonds is 6. The number of benzene rings is 2. The van der Waals surface area contributed by atoms with Crippen LogP contribution in [0.5, 0.6) is 11.5 Å². The number of aryl methyl sites for hydroxylation is 1. The molecule has 0 aliphatic carbocycles. The van der Waals surface area contributed by atoms with Crippen LogP contribution in [0.3, 0.4) is 0 Å².